The van der Waals surface area contributed by atoms with Gasteiger partial charge in [0, 0.05) is 28.3 Å². The molecule has 1 aromatic heterocycles. The van der Waals surface area contributed by atoms with Gasteiger partial charge in [0.2, 0.25) is 5.96 Å². The first-order chi connectivity index (χ1) is 11.3. The van der Waals surface area contributed by atoms with Crippen LogP contribution in [0, 0.1) is 5.41 Å². The van der Waals surface area contributed by atoms with Crippen molar-refractivity contribution in [2.75, 3.05) is 18.9 Å². The molecule has 3 rings (SSSR count). The highest BCUT2D eigenvalue weighted by Crippen LogP contribution is 2.20. The Labute approximate surface area is 146 Å². The van der Waals surface area contributed by atoms with E-state index in [4.69, 9.17) is 11.3 Å². The van der Waals surface area contributed by atoms with Crippen molar-refractivity contribution in [2.24, 2.45) is 12.9 Å². The van der Waals surface area contributed by atoms with Crippen molar-refractivity contribution in [3.8, 4) is 0 Å². The number of hydrazine groups is 1. The summed E-state index contributed by atoms with van der Waals surface area (Å²) in [6.07, 6.45) is 0. The van der Waals surface area contributed by atoms with Crippen LogP contribution in [0.1, 0.15) is 9.78 Å². The summed E-state index contributed by atoms with van der Waals surface area (Å²) in [5.74, 6) is 5.60. The standard InChI is InChI=1S/C15H19N7O2.H3N.2H2/c1-8-10(7-22(17)14(16)20(8)2)13(23)18-9-4-5-11-12(6-9)21(3)15(24)19-11;;;/h4-6,16H,7,17H2,1-3H3,(H,18,23)(H,19,24);1H3;2*1H. The van der Waals surface area contributed by atoms with Crippen LogP contribution in [-0.4, -0.2) is 44.9 Å². The number of H-pyrrole nitrogens is 1. The van der Waals surface area contributed by atoms with Crippen LogP contribution in [-0.2, 0) is 11.8 Å². The number of amides is 1. The van der Waals surface area contributed by atoms with Crippen LogP contribution in [0.3, 0.4) is 0 Å². The van der Waals surface area contributed by atoms with Gasteiger partial charge >= 0.3 is 5.69 Å². The number of anilines is 1. The molecule has 0 bridgehead atoms. The number of allylic oxidation sites excluding steroid dienone is 1. The number of fused-ring (bicyclic) bond motifs is 1. The molecule has 1 aliphatic rings. The molecule has 10 heteroatoms. The van der Waals surface area contributed by atoms with Gasteiger partial charge < -0.3 is 21.4 Å². The highest BCUT2D eigenvalue weighted by Gasteiger charge is 2.27. The number of aromatic nitrogens is 2. The molecule has 0 unspecified atom stereocenters. The molecule has 10 nitrogen and oxygen atoms in total. The van der Waals surface area contributed by atoms with Crippen molar-refractivity contribution < 1.29 is 7.65 Å². The van der Waals surface area contributed by atoms with Gasteiger partial charge in [-0.3, -0.25) is 19.8 Å². The Balaban J connectivity index is 0.00000225. The van der Waals surface area contributed by atoms with Gasteiger partial charge in [-0.05, 0) is 25.1 Å². The minimum Gasteiger partial charge on any atom is -0.344 e. The Hall–Kier alpha value is -3.11. The molecule has 0 saturated carbocycles. The number of aryl methyl sites for hydroxylation is 1. The van der Waals surface area contributed by atoms with E-state index in [1.807, 2.05) is 0 Å². The molecule has 0 fully saturated rings. The summed E-state index contributed by atoms with van der Waals surface area (Å²) in [6.45, 7) is 1.93. The molecule has 2 aromatic rings. The summed E-state index contributed by atoms with van der Waals surface area (Å²) >= 11 is 0. The van der Waals surface area contributed by atoms with Crippen LogP contribution >= 0.6 is 0 Å². The lowest BCUT2D eigenvalue weighted by atomic mass is 10.1. The number of aromatic amines is 1. The predicted octanol–water partition coefficient (Wildman–Crippen LogP) is 0.789. The first kappa shape index (κ1) is 18.2. The first-order valence-electron chi connectivity index (χ1n) is 7.34. The third-order valence-electron chi connectivity index (χ3n) is 4.30. The van der Waals surface area contributed by atoms with E-state index in [1.165, 1.54) is 9.58 Å². The number of nitrogens with two attached hydrogens (primary N) is 1. The van der Waals surface area contributed by atoms with E-state index < -0.39 is 0 Å². The molecular formula is C15H26N8O2. The highest BCUT2D eigenvalue weighted by molar-refractivity contribution is 6.06. The van der Waals surface area contributed by atoms with E-state index in [0.29, 0.717) is 28.0 Å². The normalized spacial score (nSPS) is 14.8. The van der Waals surface area contributed by atoms with E-state index in [0.717, 1.165) is 0 Å². The third-order valence-corrected chi connectivity index (χ3v) is 4.30. The van der Waals surface area contributed by atoms with E-state index in [1.54, 1.807) is 44.1 Å². The fourth-order valence-corrected chi connectivity index (χ4v) is 2.66. The molecular weight excluding hydrogens is 324 g/mol. The topological polar surface area (TPSA) is 158 Å². The Morgan fingerprint density at radius 1 is 1.40 bits per heavy atom. The maximum absolute atomic E-state index is 12.6. The number of nitrogens with one attached hydrogen (secondary N) is 3. The lowest BCUT2D eigenvalue weighted by Crippen LogP contribution is -2.51. The summed E-state index contributed by atoms with van der Waals surface area (Å²) in [6, 6.07) is 5.20. The van der Waals surface area contributed by atoms with Crippen molar-refractivity contribution in [2.45, 2.75) is 6.92 Å². The fraction of sp³-hybridized carbons (Fsp3) is 0.267. The maximum Gasteiger partial charge on any atom is 0.326 e. The summed E-state index contributed by atoms with van der Waals surface area (Å²) in [5, 5.41) is 11.9. The van der Waals surface area contributed by atoms with Gasteiger partial charge in [0.25, 0.3) is 5.91 Å². The van der Waals surface area contributed by atoms with Crippen LogP contribution in [0.4, 0.5) is 5.69 Å². The number of hydrogen-bond acceptors (Lipinski definition) is 5. The zero-order valence-electron chi connectivity index (χ0n) is 14.4. The monoisotopic (exact) mass is 350 g/mol. The molecule has 1 aliphatic heterocycles. The van der Waals surface area contributed by atoms with Gasteiger partial charge in [-0.25, -0.2) is 10.6 Å². The molecule has 0 saturated heterocycles. The fourth-order valence-electron chi connectivity index (χ4n) is 2.66. The van der Waals surface area contributed by atoms with Crippen molar-refractivity contribution in [3.05, 3.63) is 40.0 Å². The van der Waals surface area contributed by atoms with Gasteiger partial charge in [-0.2, -0.15) is 0 Å². The summed E-state index contributed by atoms with van der Waals surface area (Å²) in [4.78, 5) is 28.5. The van der Waals surface area contributed by atoms with Crippen LogP contribution in [0.2, 0.25) is 0 Å². The lowest BCUT2D eigenvalue weighted by Gasteiger charge is -2.34. The predicted molar refractivity (Wildman–Crippen MR) is 101 cm³/mol. The Morgan fingerprint density at radius 2 is 2.08 bits per heavy atom. The molecule has 0 aliphatic carbocycles. The molecule has 25 heavy (non-hydrogen) atoms. The number of imidazole rings is 1. The van der Waals surface area contributed by atoms with Gasteiger partial charge in [0.05, 0.1) is 23.2 Å². The first-order valence-corrected chi connectivity index (χ1v) is 7.34. The molecule has 0 radical (unpaired) electrons. The molecule has 8 N–H and O–H groups in total. The zero-order chi connectivity index (χ0) is 17.6. The molecule has 1 aromatic carbocycles. The number of hydrogen-bond donors (Lipinski definition) is 5. The third kappa shape index (κ3) is 2.99. The smallest absolute Gasteiger partial charge is 0.326 e. The summed E-state index contributed by atoms with van der Waals surface area (Å²) in [7, 11) is 3.35. The SMILES string of the molecule is CC1=C(C(=O)Nc2ccc3[nH]c(=O)n(C)c3c2)CN(N)C(=N)N1C.N.[HH].[HH]. The largest absolute Gasteiger partial charge is 0.344 e. The average molecular weight is 350 g/mol. The van der Waals surface area contributed by atoms with Crippen molar-refractivity contribution >= 4 is 28.6 Å². The van der Waals surface area contributed by atoms with E-state index >= 15 is 0 Å². The van der Waals surface area contributed by atoms with Crippen LogP contribution in [0.5, 0.6) is 0 Å². The second kappa shape index (κ2) is 6.42. The Bertz CT molecular complexity index is 949. The Kier molecular flexibility index (Phi) is 4.68. The number of benzene rings is 1. The number of carbonyl (C=O) groups is 1. The van der Waals surface area contributed by atoms with Crippen LogP contribution in [0.15, 0.2) is 34.3 Å². The van der Waals surface area contributed by atoms with Crippen molar-refractivity contribution in [3.63, 3.8) is 0 Å². The van der Waals surface area contributed by atoms with Gasteiger partial charge in [-0.15, -0.1) is 0 Å². The van der Waals surface area contributed by atoms with Gasteiger partial charge in [-0.1, -0.05) is 0 Å². The van der Waals surface area contributed by atoms with E-state index in [-0.39, 0.29) is 33.1 Å². The second-order valence-corrected chi connectivity index (χ2v) is 5.75. The molecule has 0 spiro atoms. The van der Waals surface area contributed by atoms with Crippen LogP contribution < -0.4 is 23.0 Å². The quantitative estimate of drug-likeness (QED) is 0.504. The van der Waals surface area contributed by atoms with Crippen molar-refractivity contribution in [1.29, 1.82) is 5.41 Å². The van der Waals surface area contributed by atoms with Gasteiger partial charge in [0.1, 0.15) is 0 Å². The number of carbonyl (C=O) groups excluding carboxylic acids is 1. The van der Waals surface area contributed by atoms with Crippen molar-refractivity contribution in [1.82, 2.24) is 25.6 Å². The minimum absolute atomic E-state index is 0. The molecule has 138 valence electrons. The minimum atomic E-state index is -0.290. The summed E-state index contributed by atoms with van der Waals surface area (Å²) < 4.78 is 1.48. The zero-order valence-corrected chi connectivity index (χ0v) is 14.4. The maximum atomic E-state index is 12.6. The van der Waals surface area contributed by atoms with E-state index in [2.05, 4.69) is 10.3 Å². The molecule has 2 heterocycles. The Morgan fingerprint density at radius 3 is 2.76 bits per heavy atom. The number of rotatable bonds is 2. The van der Waals surface area contributed by atoms with E-state index in [9.17, 15) is 9.59 Å². The molecule has 0 atom stereocenters. The highest BCUT2D eigenvalue weighted by atomic mass is 16.2. The summed E-state index contributed by atoms with van der Waals surface area (Å²) in [5.41, 5.74) is 2.93. The second-order valence-electron chi connectivity index (χ2n) is 5.75. The lowest BCUT2D eigenvalue weighted by molar-refractivity contribution is -0.113. The molecule has 1 amide bonds. The average Bonchev–Trinajstić information content (AvgIpc) is 2.83. The van der Waals surface area contributed by atoms with Crippen LogP contribution in [0.25, 0.3) is 11.0 Å². The number of guanidine groups is 1. The van der Waals surface area contributed by atoms with Gasteiger partial charge in [0.15, 0.2) is 0 Å². The number of nitrogens with zero attached hydrogens (tertiary/aromatic N) is 3.